The highest BCUT2D eigenvalue weighted by Crippen LogP contribution is 2.40. The Kier molecular flexibility index (Phi) is 3.92. The Balaban J connectivity index is 1.81. The molecule has 0 saturated heterocycles. The van der Waals surface area contributed by atoms with Crippen molar-refractivity contribution in [2.75, 3.05) is 6.54 Å². The number of hydrogen-bond acceptors (Lipinski definition) is 2. The summed E-state index contributed by atoms with van der Waals surface area (Å²) in [5.74, 6) is 0.630. The minimum Gasteiger partial charge on any atom is -0.382 e. The van der Waals surface area contributed by atoms with E-state index in [2.05, 4.69) is 5.32 Å². The third-order valence-corrected chi connectivity index (χ3v) is 3.04. The average molecular weight is 259 g/mol. The maximum Gasteiger partial charge on any atom is 0.415 e. The Morgan fingerprint density at radius 2 is 2.06 bits per heavy atom. The van der Waals surface area contributed by atoms with E-state index >= 15 is 0 Å². The standard InChI is InChI=1S/C13H16F3NO/c14-13(15,16)12(18)8-17-7-9-2-1-3-11(6-9)10-4-5-10/h1-3,6,10,12,17-18H,4-5,7-8H2. The molecule has 18 heavy (non-hydrogen) atoms. The SMILES string of the molecule is OC(CNCc1cccc(C2CC2)c1)C(F)(F)F. The van der Waals surface area contributed by atoms with Crippen LogP contribution >= 0.6 is 0 Å². The van der Waals surface area contributed by atoms with E-state index in [1.54, 1.807) is 0 Å². The van der Waals surface area contributed by atoms with Gasteiger partial charge < -0.3 is 10.4 Å². The molecule has 1 fully saturated rings. The van der Waals surface area contributed by atoms with Crippen LogP contribution in [-0.4, -0.2) is 23.9 Å². The third kappa shape index (κ3) is 3.71. The molecule has 2 N–H and O–H groups in total. The van der Waals surface area contributed by atoms with Crippen LogP contribution in [0.25, 0.3) is 0 Å². The zero-order valence-corrected chi connectivity index (χ0v) is 9.87. The van der Waals surface area contributed by atoms with Crippen molar-refractivity contribution in [2.24, 2.45) is 0 Å². The van der Waals surface area contributed by atoms with Crippen LogP contribution in [0.2, 0.25) is 0 Å². The van der Waals surface area contributed by atoms with Gasteiger partial charge in [0.25, 0.3) is 0 Å². The number of alkyl halides is 3. The molecule has 2 rings (SSSR count). The minimum absolute atomic E-state index is 0.341. The Hall–Kier alpha value is -1.07. The average Bonchev–Trinajstić information content (AvgIpc) is 3.12. The van der Waals surface area contributed by atoms with Crippen molar-refractivity contribution < 1.29 is 18.3 Å². The van der Waals surface area contributed by atoms with Crippen molar-refractivity contribution in [1.29, 1.82) is 0 Å². The smallest absolute Gasteiger partial charge is 0.382 e. The van der Waals surface area contributed by atoms with E-state index < -0.39 is 18.8 Å². The lowest BCUT2D eigenvalue weighted by molar-refractivity contribution is -0.201. The van der Waals surface area contributed by atoms with E-state index in [0.717, 1.165) is 5.56 Å². The quantitative estimate of drug-likeness (QED) is 0.851. The molecule has 2 nitrogen and oxygen atoms in total. The summed E-state index contributed by atoms with van der Waals surface area (Å²) < 4.78 is 36.2. The molecule has 1 atom stereocenters. The van der Waals surface area contributed by atoms with Crippen LogP contribution in [-0.2, 0) is 6.54 Å². The van der Waals surface area contributed by atoms with Crippen LogP contribution in [0.4, 0.5) is 13.2 Å². The lowest BCUT2D eigenvalue weighted by Crippen LogP contribution is -2.38. The molecular weight excluding hydrogens is 243 g/mol. The van der Waals surface area contributed by atoms with Crippen molar-refractivity contribution in [2.45, 2.75) is 37.6 Å². The van der Waals surface area contributed by atoms with E-state index in [0.29, 0.717) is 12.5 Å². The Bertz CT molecular complexity index is 401. The van der Waals surface area contributed by atoms with E-state index in [4.69, 9.17) is 5.11 Å². The van der Waals surface area contributed by atoms with Crippen molar-refractivity contribution in [3.05, 3.63) is 35.4 Å². The highest BCUT2D eigenvalue weighted by Gasteiger charge is 2.37. The second-order valence-electron chi connectivity index (χ2n) is 4.71. The first-order valence-corrected chi connectivity index (χ1v) is 6.01. The molecule has 100 valence electrons. The van der Waals surface area contributed by atoms with Gasteiger partial charge in [-0.05, 0) is 29.9 Å². The van der Waals surface area contributed by atoms with Gasteiger partial charge >= 0.3 is 6.18 Å². The number of benzene rings is 1. The number of nitrogens with one attached hydrogen (secondary N) is 1. The topological polar surface area (TPSA) is 32.3 Å². The van der Waals surface area contributed by atoms with Gasteiger partial charge in [-0.2, -0.15) is 13.2 Å². The second kappa shape index (κ2) is 5.28. The molecule has 1 aliphatic carbocycles. The molecule has 0 aromatic heterocycles. The molecule has 1 saturated carbocycles. The first-order chi connectivity index (χ1) is 8.47. The molecule has 1 aliphatic rings. The molecule has 1 unspecified atom stereocenters. The third-order valence-electron chi connectivity index (χ3n) is 3.04. The van der Waals surface area contributed by atoms with Crippen LogP contribution in [0.3, 0.4) is 0 Å². The van der Waals surface area contributed by atoms with Gasteiger partial charge in [0.15, 0.2) is 6.10 Å². The molecule has 0 amide bonds. The maximum atomic E-state index is 12.1. The van der Waals surface area contributed by atoms with Gasteiger partial charge in [0.05, 0.1) is 0 Å². The summed E-state index contributed by atoms with van der Waals surface area (Å²) in [5, 5.41) is 11.5. The van der Waals surface area contributed by atoms with Crippen LogP contribution in [0, 0.1) is 0 Å². The lowest BCUT2D eigenvalue weighted by atomic mass is 10.1. The largest absolute Gasteiger partial charge is 0.415 e. The van der Waals surface area contributed by atoms with Gasteiger partial charge in [0, 0.05) is 13.1 Å². The summed E-state index contributed by atoms with van der Waals surface area (Å²) in [6.07, 6.45) is -4.46. The van der Waals surface area contributed by atoms with Crippen molar-refractivity contribution in [3.8, 4) is 0 Å². The molecule has 1 aromatic rings. The first-order valence-electron chi connectivity index (χ1n) is 6.01. The molecular formula is C13H16F3NO. The Labute approximate surface area is 104 Å². The van der Waals surface area contributed by atoms with Crippen molar-refractivity contribution in [3.63, 3.8) is 0 Å². The normalized spacial score (nSPS) is 17.8. The second-order valence-corrected chi connectivity index (χ2v) is 4.71. The highest BCUT2D eigenvalue weighted by atomic mass is 19.4. The van der Waals surface area contributed by atoms with E-state index in [1.807, 2.05) is 24.3 Å². The minimum atomic E-state index is -4.55. The van der Waals surface area contributed by atoms with Gasteiger partial charge in [-0.3, -0.25) is 0 Å². The molecule has 0 bridgehead atoms. The monoisotopic (exact) mass is 259 g/mol. The highest BCUT2D eigenvalue weighted by molar-refractivity contribution is 5.29. The van der Waals surface area contributed by atoms with Crippen LogP contribution < -0.4 is 5.32 Å². The number of hydrogen-bond donors (Lipinski definition) is 2. The fourth-order valence-electron chi connectivity index (χ4n) is 1.84. The molecule has 0 radical (unpaired) electrons. The van der Waals surface area contributed by atoms with E-state index in [-0.39, 0.29) is 0 Å². The fourth-order valence-corrected chi connectivity index (χ4v) is 1.84. The summed E-state index contributed by atoms with van der Waals surface area (Å²) in [5.41, 5.74) is 2.21. The Morgan fingerprint density at radius 1 is 1.33 bits per heavy atom. The molecule has 0 aliphatic heterocycles. The molecule has 0 spiro atoms. The predicted molar refractivity (Wildman–Crippen MR) is 62.2 cm³/mol. The number of aliphatic hydroxyl groups is 1. The number of rotatable bonds is 5. The summed E-state index contributed by atoms with van der Waals surface area (Å²) in [6.45, 7) is -0.134. The van der Waals surface area contributed by atoms with Crippen molar-refractivity contribution in [1.82, 2.24) is 5.32 Å². The van der Waals surface area contributed by atoms with E-state index in [9.17, 15) is 13.2 Å². The molecule has 1 aromatic carbocycles. The van der Waals surface area contributed by atoms with Crippen molar-refractivity contribution >= 4 is 0 Å². The zero-order valence-electron chi connectivity index (χ0n) is 9.87. The van der Waals surface area contributed by atoms with Crippen LogP contribution in [0.15, 0.2) is 24.3 Å². The van der Waals surface area contributed by atoms with Crippen LogP contribution in [0.1, 0.15) is 29.9 Å². The maximum absolute atomic E-state index is 12.1. The summed E-state index contributed by atoms with van der Waals surface area (Å²) >= 11 is 0. The van der Waals surface area contributed by atoms with Gasteiger partial charge in [0.1, 0.15) is 0 Å². The van der Waals surface area contributed by atoms with E-state index in [1.165, 1.54) is 18.4 Å². The lowest BCUT2D eigenvalue weighted by Gasteiger charge is -2.15. The van der Waals surface area contributed by atoms with Crippen LogP contribution in [0.5, 0.6) is 0 Å². The Morgan fingerprint density at radius 3 is 2.67 bits per heavy atom. The zero-order chi connectivity index (χ0) is 13.2. The van der Waals surface area contributed by atoms with Gasteiger partial charge in [0.2, 0.25) is 0 Å². The predicted octanol–water partition coefficient (Wildman–Crippen LogP) is 2.58. The van der Waals surface area contributed by atoms with Gasteiger partial charge in [-0.25, -0.2) is 0 Å². The summed E-state index contributed by atoms with van der Waals surface area (Å²) in [6, 6.07) is 7.86. The first kappa shape index (κ1) is 13.4. The molecule has 0 heterocycles. The van der Waals surface area contributed by atoms with Gasteiger partial charge in [-0.15, -0.1) is 0 Å². The van der Waals surface area contributed by atoms with Gasteiger partial charge in [-0.1, -0.05) is 24.3 Å². The summed E-state index contributed by atoms with van der Waals surface area (Å²) in [7, 11) is 0. The number of halogens is 3. The molecule has 5 heteroatoms. The fraction of sp³-hybridized carbons (Fsp3) is 0.538. The summed E-state index contributed by atoms with van der Waals surface area (Å²) in [4.78, 5) is 0. The number of aliphatic hydroxyl groups excluding tert-OH is 1.